The summed E-state index contributed by atoms with van der Waals surface area (Å²) < 4.78 is 7.07. The molecular formula is C19H19N3O3. The van der Waals surface area contributed by atoms with Crippen LogP contribution in [-0.4, -0.2) is 16.4 Å². The molecule has 0 aliphatic rings. The molecule has 0 saturated heterocycles. The fourth-order valence-corrected chi connectivity index (χ4v) is 2.42. The van der Waals surface area contributed by atoms with Crippen LogP contribution in [0.3, 0.4) is 0 Å². The van der Waals surface area contributed by atoms with E-state index < -0.39 is 0 Å². The first-order valence-corrected chi connectivity index (χ1v) is 7.89. The molecule has 0 aliphatic heterocycles. The summed E-state index contributed by atoms with van der Waals surface area (Å²) in [5.41, 5.74) is 3.30. The summed E-state index contributed by atoms with van der Waals surface area (Å²) in [4.78, 5) is 24.1. The van der Waals surface area contributed by atoms with Crippen LogP contribution in [0, 0.1) is 6.92 Å². The highest BCUT2D eigenvalue weighted by molar-refractivity contribution is 6.02. The van der Waals surface area contributed by atoms with Crippen LogP contribution in [0.4, 0.5) is 5.69 Å². The molecule has 25 heavy (non-hydrogen) atoms. The molecule has 6 nitrogen and oxygen atoms in total. The smallest absolute Gasteiger partial charge is 0.291 e. The van der Waals surface area contributed by atoms with E-state index in [1.165, 1.54) is 6.26 Å². The van der Waals surface area contributed by atoms with Gasteiger partial charge < -0.3 is 19.6 Å². The van der Waals surface area contributed by atoms with E-state index in [0.717, 1.165) is 11.4 Å². The summed E-state index contributed by atoms with van der Waals surface area (Å²) in [6, 6.07) is 13.9. The van der Waals surface area contributed by atoms with Crippen molar-refractivity contribution in [1.82, 2.24) is 9.88 Å². The Balaban J connectivity index is 1.59. The second kappa shape index (κ2) is 7.09. The maximum Gasteiger partial charge on any atom is 0.291 e. The van der Waals surface area contributed by atoms with Crippen LogP contribution < -0.4 is 10.6 Å². The topological polar surface area (TPSA) is 76.3 Å². The van der Waals surface area contributed by atoms with Crippen LogP contribution >= 0.6 is 0 Å². The number of nitrogens with one attached hydrogen (secondary N) is 2. The van der Waals surface area contributed by atoms with Crippen molar-refractivity contribution in [1.29, 1.82) is 0 Å². The molecule has 0 unspecified atom stereocenters. The van der Waals surface area contributed by atoms with Crippen molar-refractivity contribution in [3.63, 3.8) is 0 Å². The lowest BCUT2D eigenvalue weighted by molar-refractivity contribution is 0.0949. The van der Waals surface area contributed by atoms with Crippen LogP contribution in [0.2, 0.25) is 0 Å². The third-order valence-corrected chi connectivity index (χ3v) is 4.06. The molecule has 3 rings (SSSR count). The van der Waals surface area contributed by atoms with Gasteiger partial charge in [0.05, 0.1) is 12.8 Å². The van der Waals surface area contributed by atoms with Gasteiger partial charge in [0.15, 0.2) is 5.76 Å². The van der Waals surface area contributed by atoms with Gasteiger partial charge in [-0.05, 0) is 55.5 Å². The molecule has 0 atom stereocenters. The Labute approximate surface area is 145 Å². The predicted octanol–water partition coefficient (Wildman–Crippen LogP) is 3.11. The quantitative estimate of drug-likeness (QED) is 0.751. The molecule has 3 aromatic rings. The SMILES string of the molecule is Cc1ccc(CNC(=O)c2ccc(NC(=O)c3ccco3)cc2)n1C. The Hall–Kier alpha value is -3.28. The number of nitrogens with zero attached hydrogens (tertiary/aromatic N) is 1. The first-order valence-electron chi connectivity index (χ1n) is 7.89. The number of hydrogen-bond donors (Lipinski definition) is 2. The van der Waals surface area contributed by atoms with Crippen LogP contribution in [-0.2, 0) is 13.6 Å². The van der Waals surface area contributed by atoms with E-state index in [0.29, 0.717) is 17.8 Å². The molecule has 1 aromatic carbocycles. The normalized spacial score (nSPS) is 10.5. The summed E-state index contributed by atoms with van der Waals surface area (Å²) in [5.74, 6) is -0.260. The van der Waals surface area contributed by atoms with Crippen molar-refractivity contribution in [3.8, 4) is 0 Å². The van der Waals surface area contributed by atoms with Crippen molar-refractivity contribution in [2.75, 3.05) is 5.32 Å². The number of rotatable bonds is 5. The van der Waals surface area contributed by atoms with Crippen molar-refractivity contribution in [3.05, 3.63) is 77.5 Å². The third kappa shape index (κ3) is 3.80. The molecule has 2 amide bonds. The molecule has 6 heteroatoms. The van der Waals surface area contributed by atoms with E-state index in [2.05, 4.69) is 10.6 Å². The Kier molecular flexibility index (Phi) is 4.70. The predicted molar refractivity (Wildman–Crippen MR) is 94.4 cm³/mol. The minimum Gasteiger partial charge on any atom is -0.459 e. The molecule has 0 radical (unpaired) electrons. The van der Waals surface area contributed by atoms with E-state index in [1.54, 1.807) is 36.4 Å². The van der Waals surface area contributed by atoms with Gasteiger partial charge in [-0.15, -0.1) is 0 Å². The summed E-state index contributed by atoms with van der Waals surface area (Å²) >= 11 is 0. The lowest BCUT2D eigenvalue weighted by atomic mass is 10.2. The van der Waals surface area contributed by atoms with Crippen molar-refractivity contribution >= 4 is 17.5 Å². The van der Waals surface area contributed by atoms with Gasteiger partial charge in [-0.3, -0.25) is 9.59 Å². The molecule has 2 heterocycles. The molecule has 2 N–H and O–H groups in total. The van der Waals surface area contributed by atoms with E-state index >= 15 is 0 Å². The van der Waals surface area contributed by atoms with Gasteiger partial charge in [-0.1, -0.05) is 0 Å². The molecule has 128 valence electrons. The molecular weight excluding hydrogens is 318 g/mol. The molecule has 0 saturated carbocycles. The van der Waals surface area contributed by atoms with Crippen LogP contribution in [0.15, 0.2) is 59.2 Å². The highest BCUT2D eigenvalue weighted by atomic mass is 16.3. The number of furan rings is 1. The zero-order valence-corrected chi connectivity index (χ0v) is 14.1. The number of aromatic nitrogens is 1. The zero-order valence-electron chi connectivity index (χ0n) is 14.1. The highest BCUT2D eigenvalue weighted by Crippen LogP contribution is 2.12. The van der Waals surface area contributed by atoms with Gasteiger partial charge in [0, 0.05) is 29.7 Å². The van der Waals surface area contributed by atoms with Crippen LogP contribution in [0.25, 0.3) is 0 Å². The van der Waals surface area contributed by atoms with Gasteiger partial charge in [-0.2, -0.15) is 0 Å². The van der Waals surface area contributed by atoms with E-state index in [4.69, 9.17) is 4.42 Å². The fourth-order valence-electron chi connectivity index (χ4n) is 2.42. The maximum atomic E-state index is 12.2. The Morgan fingerprint density at radius 2 is 1.80 bits per heavy atom. The number of amides is 2. The average Bonchev–Trinajstić information content (AvgIpc) is 3.25. The van der Waals surface area contributed by atoms with Gasteiger partial charge >= 0.3 is 0 Å². The third-order valence-electron chi connectivity index (χ3n) is 4.06. The van der Waals surface area contributed by atoms with Gasteiger partial charge in [0.2, 0.25) is 0 Å². The minimum absolute atomic E-state index is 0.164. The van der Waals surface area contributed by atoms with E-state index in [9.17, 15) is 9.59 Å². The lowest BCUT2D eigenvalue weighted by Gasteiger charge is -2.08. The number of hydrogen-bond acceptors (Lipinski definition) is 3. The highest BCUT2D eigenvalue weighted by Gasteiger charge is 2.10. The fraction of sp³-hybridized carbons (Fsp3) is 0.158. The summed E-state index contributed by atoms with van der Waals surface area (Å²) in [7, 11) is 1.97. The summed E-state index contributed by atoms with van der Waals surface area (Å²) in [6.07, 6.45) is 1.44. The lowest BCUT2D eigenvalue weighted by Crippen LogP contribution is -2.24. The number of carbonyl (C=O) groups excluding carboxylic acids is 2. The second-order valence-corrected chi connectivity index (χ2v) is 5.72. The number of benzene rings is 1. The van der Waals surface area contributed by atoms with Crippen LogP contribution in [0.1, 0.15) is 32.3 Å². The van der Waals surface area contributed by atoms with Gasteiger partial charge in [-0.25, -0.2) is 0 Å². The van der Waals surface area contributed by atoms with E-state index in [-0.39, 0.29) is 17.6 Å². The van der Waals surface area contributed by atoms with Crippen LogP contribution in [0.5, 0.6) is 0 Å². The Morgan fingerprint density at radius 3 is 2.40 bits per heavy atom. The summed E-state index contributed by atoms with van der Waals surface area (Å²) in [6.45, 7) is 2.47. The minimum atomic E-state index is -0.332. The van der Waals surface area contributed by atoms with Gasteiger partial charge in [0.25, 0.3) is 11.8 Å². The molecule has 0 bridgehead atoms. The first-order chi connectivity index (χ1) is 12.0. The zero-order chi connectivity index (χ0) is 17.8. The maximum absolute atomic E-state index is 12.2. The second-order valence-electron chi connectivity index (χ2n) is 5.72. The van der Waals surface area contributed by atoms with Crippen molar-refractivity contribution < 1.29 is 14.0 Å². The van der Waals surface area contributed by atoms with Crippen molar-refractivity contribution in [2.45, 2.75) is 13.5 Å². The monoisotopic (exact) mass is 337 g/mol. The van der Waals surface area contributed by atoms with Crippen molar-refractivity contribution in [2.24, 2.45) is 7.05 Å². The van der Waals surface area contributed by atoms with Gasteiger partial charge in [0.1, 0.15) is 0 Å². The molecule has 2 aromatic heterocycles. The molecule has 0 fully saturated rings. The standard InChI is InChI=1S/C19H19N3O3/c1-13-5-10-16(22(13)2)12-20-18(23)14-6-8-15(9-7-14)21-19(24)17-4-3-11-25-17/h3-11H,12H2,1-2H3,(H,20,23)(H,21,24). The van der Waals surface area contributed by atoms with E-state index in [1.807, 2.05) is 30.7 Å². The largest absolute Gasteiger partial charge is 0.459 e. The average molecular weight is 337 g/mol. The first kappa shape index (κ1) is 16.6. The number of anilines is 1. The Bertz CT molecular complexity index is 877. The molecule has 0 aliphatic carbocycles. The number of aryl methyl sites for hydroxylation is 1. The summed E-state index contributed by atoms with van der Waals surface area (Å²) in [5, 5.41) is 5.60. The number of carbonyl (C=O) groups is 2. The molecule has 0 spiro atoms. The Morgan fingerprint density at radius 1 is 1.04 bits per heavy atom.